The van der Waals surface area contributed by atoms with Crippen molar-refractivity contribution in [2.75, 3.05) is 13.1 Å². The molecule has 0 unspecified atom stereocenters. The number of azide groups is 1. The zero-order valence-corrected chi connectivity index (χ0v) is 11.7. The van der Waals surface area contributed by atoms with Crippen LogP contribution < -0.4 is 0 Å². The number of aryl methyl sites for hydroxylation is 1. The van der Waals surface area contributed by atoms with Gasteiger partial charge < -0.3 is 0 Å². The fourth-order valence-corrected chi connectivity index (χ4v) is 2.54. The minimum atomic E-state index is -4.70. The predicted molar refractivity (Wildman–Crippen MR) is 70.5 cm³/mol. The molecule has 0 saturated heterocycles. The van der Waals surface area contributed by atoms with Crippen molar-refractivity contribution >= 4 is 10.2 Å². The van der Waals surface area contributed by atoms with Gasteiger partial charge in [0.05, 0.1) is 0 Å². The van der Waals surface area contributed by atoms with Crippen molar-refractivity contribution in [2.45, 2.75) is 19.0 Å². The number of rotatable bonds is 7. The first-order chi connectivity index (χ1) is 9.74. The van der Waals surface area contributed by atoms with E-state index in [1.807, 2.05) is 0 Å². The van der Waals surface area contributed by atoms with Gasteiger partial charge in [-0.2, -0.15) is 17.5 Å². The Labute approximate surface area is 120 Å². The number of alkyl halides is 3. The van der Waals surface area contributed by atoms with E-state index in [4.69, 9.17) is 5.53 Å². The Morgan fingerprint density at radius 2 is 1.86 bits per heavy atom. The molecular formula is C11H13F3N4O2S. The third-order valence-electron chi connectivity index (χ3n) is 2.54. The molecule has 0 aliphatic rings. The van der Waals surface area contributed by atoms with Gasteiger partial charge >= 0.3 is 16.4 Å². The summed E-state index contributed by atoms with van der Waals surface area (Å²) < 4.78 is 62.6. The van der Waals surface area contributed by atoms with Crippen molar-refractivity contribution in [3.63, 3.8) is 0 Å². The first kappa shape index (κ1) is 17.3. The van der Waals surface area contributed by atoms with E-state index in [1.54, 1.807) is 30.3 Å². The van der Waals surface area contributed by atoms with Gasteiger partial charge in [-0.05, 0) is 23.9 Å². The summed E-state index contributed by atoms with van der Waals surface area (Å²) in [7, 11) is -4.64. The second-order valence-corrected chi connectivity index (χ2v) is 5.76. The van der Waals surface area contributed by atoms with Gasteiger partial charge in [-0.15, -0.1) is 0 Å². The van der Waals surface area contributed by atoms with E-state index in [9.17, 15) is 21.6 Å². The maximum atomic E-state index is 12.4. The quantitative estimate of drug-likeness (QED) is 0.439. The average Bonchev–Trinajstić information content (AvgIpc) is 2.37. The van der Waals surface area contributed by atoms with Crippen LogP contribution in [0.1, 0.15) is 12.0 Å². The van der Waals surface area contributed by atoms with Crippen LogP contribution in [0, 0.1) is 0 Å². The lowest BCUT2D eigenvalue weighted by molar-refractivity contribution is -0.136. The Hall–Kier alpha value is -1.77. The molecule has 1 rings (SSSR count). The van der Waals surface area contributed by atoms with E-state index in [0.717, 1.165) is 5.56 Å². The molecule has 1 aromatic carbocycles. The van der Waals surface area contributed by atoms with Crippen LogP contribution in [0.4, 0.5) is 13.2 Å². The first-order valence-electron chi connectivity index (χ1n) is 5.92. The maximum Gasteiger partial charge on any atom is 0.402 e. The Kier molecular flexibility index (Phi) is 6.01. The lowest BCUT2D eigenvalue weighted by Gasteiger charge is -2.20. The Bertz CT molecular complexity index is 598. The molecule has 0 bridgehead atoms. The minimum absolute atomic E-state index is 0.135. The molecule has 0 atom stereocenters. The molecule has 0 radical (unpaired) electrons. The third-order valence-corrected chi connectivity index (χ3v) is 3.78. The summed E-state index contributed by atoms with van der Waals surface area (Å²) in [5, 5.41) is 0. The SMILES string of the molecule is [N-]=[N+]=NS(=O)(=O)N(CCCc1ccccc1)CC(F)(F)F. The van der Waals surface area contributed by atoms with E-state index >= 15 is 0 Å². The van der Waals surface area contributed by atoms with Crippen molar-refractivity contribution in [3.05, 3.63) is 46.3 Å². The van der Waals surface area contributed by atoms with Gasteiger partial charge in [0.1, 0.15) is 6.54 Å². The van der Waals surface area contributed by atoms with Crippen molar-refractivity contribution in [3.8, 4) is 0 Å². The molecular weight excluding hydrogens is 309 g/mol. The molecule has 1 aromatic rings. The monoisotopic (exact) mass is 322 g/mol. The number of halogens is 3. The van der Waals surface area contributed by atoms with E-state index in [-0.39, 0.29) is 17.3 Å². The van der Waals surface area contributed by atoms with Crippen molar-refractivity contribution < 1.29 is 21.6 Å². The fraction of sp³-hybridized carbons (Fsp3) is 0.455. The van der Waals surface area contributed by atoms with Crippen LogP contribution in [0.3, 0.4) is 0 Å². The highest BCUT2D eigenvalue weighted by Gasteiger charge is 2.35. The Morgan fingerprint density at radius 3 is 2.38 bits per heavy atom. The summed E-state index contributed by atoms with van der Waals surface area (Å²) in [5.41, 5.74) is 9.00. The highest BCUT2D eigenvalue weighted by atomic mass is 32.2. The molecule has 0 aromatic heterocycles. The summed E-state index contributed by atoms with van der Waals surface area (Å²) in [4.78, 5) is 2.05. The van der Waals surface area contributed by atoms with Crippen LogP contribution in [-0.2, 0) is 16.6 Å². The lowest BCUT2D eigenvalue weighted by atomic mass is 10.1. The van der Waals surface area contributed by atoms with E-state index < -0.39 is 22.9 Å². The standard InChI is InChI=1S/C11H13F3N4O2S/c12-11(13,14)9-18(21(19,20)17-16-15)8-4-7-10-5-2-1-3-6-10/h1-3,5-6H,4,7-9H2. The van der Waals surface area contributed by atoms with Gasteiger partial charge in [0.25, 0.3) is 0 Å². The Balaban J connectivity index is 2.72. The minimum Gasteiger partial charge on any atom is -0.204 e. The number of hydrogen-bond acceptors (Lipinski definition) is 2. The average molecular weight is 322 g/mol. The molecule has 21 heavy (non-hydrogen) atoms. The second kappa shape index (κ2) is 7.30. The Morgan fingerprint density at radius 1 is 1.24 bits per heavy atom. The highest BCUT2D eigenvalue weighted by Crippen LogP contribution is 2.20. The molecule has 0 amide bonds. The molecule has 0 aliphatic carbocycles. The second-order valence-electron chi connectivity index (χ2n) is 4.19. The first-order valence-corrected chi connectivity index (χ1v) is 7.31. The van der Waals surface area contributed by atoms with Gasteiger partial charge in [-0.1, -0.05) is 30.3 Å². The van der Waals surface area contributed by atoms with Crippen LogP contribution in [0.25, 0.3) is 10.4 Å². The fourth-order valence-electron chi connectivity index (χ4n) is 1.68. The molecule has 6 nitrogen and oxygen atoms in total. The van der Waals surface area contributed by atoms with Crippen LogP contribution in [0.15, 0.2) is 34.9 Å². The molecule has 0 heterocycles. The van der Waals surface area contributed by atoms with Gasteiger partial charge in [0.15, 0.2) is 0 Å². The van der Waals surface area contributed by atoms with E-state index in [2.05, 4.69) is 9.43 Å². The molecule has 10 heteroatoms. The van der Waals surface area contributed by atoms with Gasteiger partial charge in [-0.3, -0.25) is 0 Å². The molecule has 0 N–H and O–H groups in total. The summed E-state index contributed by atoms with van der Waals surface area (Å²) in [6.07, 6.45) is -4.11. The summed E-state index contributed by atoms with van der Waals surface area (Å²) in [5.74, 6) is 0. The predicted octanol–water partition coefficient (Wildman–Crippen LogP) is 3.04. The lowest BCUT2D eigenvalue weighted by Crippen LogP contribution is -2.38. The molecule has 0 aliphatic heterocycles. The van der Waals surface area contributed by atoms with Gasteiger partial charge in [0, 0.05) is 16.0 Å². The molecule has 0 fully saturated rings. The number of benzene rings is 1. The van der Waals surface area contributed by atoms with Crippen LogP contribution in [0.5, 0.6) is 0 Å². The zero-order chi connectivity index (χ0) is 15.9. The smallest absolute Gasteiger partial charge is 0.204 e. The summed E-state index contributed by atoms with van der Waals surface area (Å²) >= 11 is 0. The van der Waals surface area contributed by atoms with E-state index in [0.29, 0.717) is 6.42 Å². The highest BCUT2D eigenvalue weighted by molar-refractivity contribution is 7.87. The van der Waals surface area contributed by atoms with Gasteiger partial charge in [-0.25, -0.2) is 8.42 Å². The normalized spacial score (nSPS) is 12.2. The van der Waals surface area contributed by atoms with Crippen LogP contribution in [0.2, 0.25) is 0 Å². The summed E-state index contributed by atoms with van der Waals surface area (Å²) in [6.45, 7) is -2.06. The summed E-state index contributed by atoms with van der Waals surface area (Å²) in [6, 6.07) is 8.93. The number of hydrogen-bond donors (Lipinski definition) is 0. The largest absolute Gasteiger partial charge is 0.402 e. The molecule has 116 valence electrons. The van der Waals surface area contributed by atoms with Crippen molar-refractivity contribution in [1.29, 1.82) is 0 Å². The third kappa shape index (κ3) is 6.48. The zero-order valence-electron chi connectivity index (χ0n) is 10.9. The maximum absolute atomic E-state index is 12.4. The van der Waals surface area contributed by atoms with Crippen LogP contribution >= 0.6 is 0 Å². The molecule has 0 saturated carbocycles. The van der Waals surface area contributed by atoms with Crippen LogP contribution in [-0.4, -0.2) is 32.0 Å². The van der Waals surface area contributed by atoms with Crippen molar-refractivity contribution in [2.24, 2.45) is 4.52 Å². The van der Waals surface area contributed by atoms with E-state index in [1.165, 1.54) is 0 Å². The van der Waals surface area contributed by atoms with Crippen molar-refractivity contribution in [1.82, 2.24) is 4.31 Å². The molecule has 0 spiro atoms. The van der Waals surface area contributed by atoms with Gasteiger partial charge in [0.2, 0.25) is 0 Å². The topological polar surface area (TPSA) is 86.1 Å². The number of nitrogens with zero attached hydrogens (tertiary/aromatic N) is 4.